The van der Waals surface area contributed by atoms with E-state index in [4.69, 9.17) is 5.73 Å². The minimum absolute atomic E-state index is 0. The minimum atomic E-state index is -0.558. The van der Waals surface area contributed by atoms with Gasteiger partial charge < -0.3 is 11.1 Å². The van der Waals surface area contributed by atoms with Gasteiger partial charge in [-0.1, -0.05) is 0 Å². The lowest BCUT2D eigenvalue weighted by Crippen LogP contribution is -2.50. The van der Waals surface area contributed by atoms with Gasteiger partial charge in [-0.2, -0.15) is 0 Å². The summed E-state index contributed by atoms with van der Waals surface area (Å²) < 4.78 is 1.36. The molecule has 0 fully saturated rings. The minimum Gasteiger partial charge on any atom is -0.346 e. The molecule has 0 saturated carbocycles. The Bertz CT molecular complexity index is 649. The number of fused-ring (bicyclic) bond motifs is 1. The highest BCUT2D eigenvalue weighted by Crippen LogP contribution is 2.06. The topological polar surface area (TPSA) is 89.5 Å². The van der Waals surface area contributed by atoms with Gasteiger partial charge in [0, 0.05) is 29.9 Å². The van der Waals surface area contributed by atoms with Gasteiger partial charge in [-0.3, -0.25) is 14.0 Å². The van der Waals surface area contributed by atoms with Crippen LogP contribution in [0, 0.1) is 0 Å². The van der Waals surface area contributed by atoms with Crippen LogP contribution in [0.3, 0.4) is 0 Å². The lowest BCUT2D eigenvalue weighted by molar-refractivity contribution is 0.0913. The van der Waals surface area contributed by atoms with Gasteiger partial charge in [0.05, 0.1) is 0 Å². The van der Waals surface area contributed by atoms with Gasteiger partial charge in [0.2, 0.25) is 0 Å². The van der Waals surface area contributed by atoms with Gasteiger partial charge in [-0.05, 0) is 13.8 Å². The molecule has 0 saturated heterocycles. The third-order valence-corrected chi connectivity index (χ3v) is 3.32. The Hall–Kier alpha value is -1.44. The van der Waals surface area contributed by atoms with Crippen LogP contribution in [0.5, 0.6) is 0 Å². The maximum atomic E-state index is 12.0. The first kappa shape index (κ1) is 15.6. The molecule has 0 aliphatic heterocycles. The number of amides is 1. The number of hydrogen-bond acceptors (Lipinski definition) is 5. The predicted octanol–water partition coefficient (Wildman–Crippen LogP) is 0.645. The number of nitrogens with one attached hydrogen (secondary N) is 1. The molecule has 2 rings (SSSR count). The third-order valence-electron chi connectivity index (χ3n) is 2.55. The van der Waals surface area contributed by atoms with Crippen LogP contribution in [0.1, 0.15) is 24.2 Å². The molecule has 0 radical (unpaired) electrons. The van der Waals surface area contributed by atoms with Crippen LogP contribution < -0.4 is 16.6 Å². The van der Waals surface area contributed by atoms with Crippen molar-refractivity contribution >= 4 is 34.6 Å². The Morgan fingerprint density at radius 2 is 2.26 bits per heavy atom. The number of aromatic nitrogens is 2. The predicted molar refractivity (Wildman–Crippen MR) is 77.2 cm³/mol. The van der Waals surface area contributed by atoms with Gasteiger partial charge in [0.1, 0.15) is 5.56 Å². The zero-order valence-corrected chi connectivity index (χ0v) is 12.2. The first-order chi connectivity index (χ1) is 8.44. The molecular weight excluding hydrogens is 288 g/mol. The van der Waals surface area contributed by atoms with Gasteiger partial charge in [0.15, 0.2) is 4.96 Å². The summed E-state index contributed by atoms with van der Waals surface area (Å²) in [4.78, 5) is 28.7. The van der Waals surface area contributed by atoms with Crippen molar-refractivity contribution in [3.63, 3.8) is 0 Å². The molecule has 0 aliphatic rings. The Morgan fingerprint density at radius 1 is 1.58 bits per heavy atom. The third kappa shape index (κ3) is 3.12. The summed E-state index contributed by atoms with van der Waals surface area (Å²) in [5.74, 6) is -0.455. The second-order valence-corrected chi connectivity index (χ2v) is 5.45. The number of rotatable bonds is 3. The van der Waals surface area contributed by atoms with Crippen molar-refractivity contribution in [2.45, 2.75) is 19.4 Å². The second kappa shape index (κ2) is 5.68. The van der Waals surface area contributed by atoms with Crippen molar-refractivity contribution in [2.24, 2.45) is 5.73 Å². The summed E-state index contributed by atoms with van der Waals surface area (Å²) in [7, 11) is 0. The molecule has 0 aromatic carbocycles. The standard InChI is InChI=1S/C11H14N4O2S.ClH/c1-11(2,6-12)14-8(16)7-5-13-10-15(9(7)17)3-4-18-10;/h3-5H,6,12H2,1-2H3,(H,14,16);1H. The quantitative estimate of drug-likeness (QED) is 0.871. The highest BCUT2D eigenvalue weighted by Gasteiger charge is 2.21. The van der Waals surface area contributed by atoms with E-state index in [1.165, 1.54) is 21.9 Å². The maximum Gasteiger partial charge on any atom is 0.271 e. The van der Waals surface area contributed by atoms with Crippen molar-refractivity contribution in [2.75, 3.05) is 6.54 Å². The Balaban J connectivity index is 0.00000180. The number of nitrogens with zero attached hydrogens (tertiary/aromatic N) is 2. The lowest BCUT2D eigenvalue weighted by Gasteiger charge is -2.23. The molecule has 0 unspecified atom stereocenters. The van der Waals surface area contributed by atoms with E-state index >= 15 is 0 Å². The van der Waals surface area contributed by atoms with Crippen LogP contribution in [0.2, 0.25) is 0 Å². The monoisotopic (exact) mass is 302 g/mol. The average Bonchev–Trinajstić information content (AvgIpc) is 2.77. The van der Waals surface area contributed by atoms with Crippen LogP contribution in [0.15, 0.2) is 22.6 Å². The van der Waals surface area contributed by atoms with Crippen molar-refractivity contribution in [3.8, 4) is 0 Å². The van der Waals surface area contributed by atoms with Crippen LogP contribution in [0.25, 0.3) is 4.96 Å². The summed E-state index contributed by atoms with van der Waals surface area (Å²) in [5.41, 5.74) is 4.63. The van der Waals surface area contributed by atoms with Crippen molar-refractivity contribution in [1.29, 1.82) is 0 Å². The van der Waals surface area contributed by atoms with E-state index in [1.54, 1.807) is 25.4 Å². The number of thiazole rings is 1. The largest absolute Gasteiger partial charge is 0.346 e. The van der Waals surface area contributed by atoms with E-state index in [9.17, 15) is 9.59 Å². The van der Waals surface area contributed by atoms with Crippen LogP contribution >= 0.6 is 23.7 Å². The van der Waals surface area contributed by atoms with Gasteiger partial charge in [-0.15, -0.1) is 23.7 Å². The van der Waals surface area contributed by atoms with E-state index < -0.39 is 11.4 Å². The van der Waals surface area contributed by atoms with Crippen LogP contribution in [0.4, 0.5) is 0 Å². The first-order valence-corrected chi connectivity index (χ1v) is 6.30. The zero-order chi connectivity index (χ0) is 13.3. The van der Waals surface area contributed by atoms with Crippen molar-refractivity contribution < 1.29 is 4.79 Å². The first-order valence-electron chi connectivity index (χ1n) is 5.42. The molecule has 0 aliphatic carbocycles. The summed E-state index contributed by atoms with van der Waals surface area (Å²) in [5, 5.41) is 4.45. The normalized spacial score (nSPS) is 11.1. The molecule has 3 N–H and O–H groups in total. The molecule has 0 atom stereocenters. The Morgan fingerprint density at radius 3 is 2.89 bits per heavy atom. The molecule has 2 heterocycles. The molecule has 0 bridgehead atoms. The van der Waals surface area contributed by atoms with E-state index in [2.05, 4.69) is 10.3 Å². The smallest absolute Gasteiger partial charge is 0.271 e. The second-order valence-electron chi connectivity index (χ2n) is 4.57. The number of halogens is 1. The molecule has 2 aromatic heterocycles. The van der Waals surface area contributed by atoms with E-state index in [1.807, 2.05) is 0 Å². The highest BCUT2D eigenvalue weighted by molar-refractivity contribution is 7.15. The van der Waals surface area contributed by atoms with E-state index in [0.29, 0.717) is 4.96 Å². The molecule has 8 heteroatoms. The summed E-state index contributed by atoms with van der Waals surface area (Å²) in [6.45, 7) is 3.87. The molecular formula is C11H15ClN4O2S. The van der Waals surface area contributed by atoms with Crippen molar-refractivity contribution in [3.05, 3.63) is 33.7 Å². The fourth-order valence-corrected chi connectivity index (χ4v) is 2.08. The molecule has 0 spiro atoms. The number of nitrogens with two attached hydrogens (primary N) is 1. The number of hydrogen-bond donors (Lipinski definition) is 2. The number of carbonyl (C=O) groups excluding carboxylic acids is 1. The summed E-state index contributed by atoms with van der Waals surface area (Å²) >= 11 is 1.34. The molecule has 2 aromatic rings. The summed E-state index contributed by atoms with van der Waals surface area (Å²) in [6, 6.07) is 0. The van der Waals surface area contributed by atoms with Crippen LogP contribution in [-0.4, -0.2) is 27.4 Å². The molecule has 104 valence electrons. The maximum absolute atomic E-state index is 12.0. The number of carbonyl (C=O) groups is 1. The zero-order valence-electron chi connectivity index (χ0n) is 10.5. The van der Waals surface area contributed by atoms with Gasteiger partial charge in [0.25, 0.3) is 11.5 Å². The fraction of sp³-hybridized carbons (Fsp3) is 0.364. The van der Waals surface area contributed by atoms with Crippen LogP contribution in [-0.2, 0) is 0 Å². The Labute approximate surface area is 120 Å². The van der Waals surface area contributed by atoms with Crippen molar-refractivity contribution in [1.82, 2.24) is 14.7 Å². The van der Waals surface area contributed by atoms with Gasteiger partial charge >= 0.3 is 0 Å². The van der Waals surface area contributed by atoms with E-state index in [-0.39, 0.29) is 30.1 Å². The molecule has 6 nitrogen and oxygen atoms in total. The Kier molecular flexibility index (Phi) is 4.67. The highest BCUT2D eigenvalue weighted by atomic mass is 35.5. The fourth-order valence-electron chi connectivity index (χ4n) is 1.41. The molecule has 1 amide bonds. The SMILES string of the molecule is CC(C)(CN)NC(=O)c1cnc2sccn2c1=O.Cl. The average molecular weight is 303 g/mol. The molecule has 19 heavy (non-hydrogen) atoms. The van der Waals surface area contributed by atoms with Gasteiger partial charge in [-0.25, -0.2) is 4.98 Å². The lowest BCUT2D eigenvalue weighted by atomic mass is 10.1. The van der Waals surface area contributed by atoms with E-state index in [0.717, 1.165) is 0 Å². The summed E-state index contributed by atoms with van der Waals surface area (Å²) in [6.07, 6.45) is 2.90.